The molecule has 1 aliphatic rings. The Hall–Kier alpha value is -3.80. The topological polar surface area (TPSA) is 63.5 Å². The van der Waals surface area contributed by atoms with E-state index in [1.165, 1.54) is 12.8 Å². The van der Waals surface area contributed by atoms with E-state index < -0.39 is 0 Å². The lowest BCUT2D eigenvalue weighted by Gasteiger charge is -2.22. The summed E-state index contributed by atoms with van der Waals surface area (Å²) in [5, 5.41) is 7.07. The lowest BCUT2D eigenvalue weighted by Crippen LogP contribution is -2.33. The summed E-state index contributed by atoms with van der Waals surface area (Å²) in [5.74, 6) is 2.57. The van der Waals surface area contributed by atoms with Crippen LogP contribution in [0.2, 0.25) is 0 Å². The van der Waals surface area contributed by atoms with Gasteiger partial charge in [-0.25, -0.2) is 0 Å². The zero-order valence-corrected chi connectivity index (χ0v) is 20.2. The van der Waals surface area contributed by atoms with Crippen molar-refractivity contribution in [3.05, 3.63) is 97.5 Å². The lowest BCUT2D eigenvalue weighted by atomic mass is 9.98. The van der Waals surface area contributed by atoms with Gasteiger partial charge in [-0.15, -0.1) is 0 Å². The molecule has 1 saturated heterocycles. The predicted octanol–water partition coefficient (Wildman–Crippen LogP) is 7.22. The highest BCUT2D eigenvalue weighted by Gasteiger charge is 2.17. The molecule has 3 aromatic heterocycles. The fourth-order valence-corrected chi connectivity index (χ4v) is 4.96. The van der Waals surface area contributed by atoms with E-state index in [1.807, 2.05) is 12.1 Å². The molecule has 36 heavy (non-hydrogen) atoms. The molecule has 182 valence electrons. The molecule has 5 heteroatoms. The van der Waals surface area contributed by atoms with Gasteiger partial charge in [-0.1, -0.05) is 48.5 Å². The largest absolute Gasteiger partial charge is 0.472 e. The molecule has 0 aliphatic carbocycles. The van der Waals surface area contributed by atoms with Crippen LogP contribution in [0.25, 0.3) is 44.7 Å². The summed E-state index contributed by atoms with van der Waals surface area (Å²) >= 11 is 0. The van der Waals surface area contributed by atoms with Crippen molar-refractivity contribution in [2.45, 2.75) is 19.4 Å². The van der Waals surface area contributed by atoms with Crippen LogP contribution in [0.5, 0.6) is 0 Å². The monoisotopic (exact) mass is 478 g/mol. The Bertz CT molecular complexity index is 1260. The first-order valence-electron chi connectivity index (χ1n) is 12.6. The molecule has 5 nitrogen and oxygen atoms in total. The van der Waals surface area contributed by atoms with Crippen LogP contribution in [0.3, 0.4) is 0 Å². The van der Waals surface area contributed by atoms with Gasteiger partial charge in [0.05, 0.1) is 31.6 Å². The fourth-order valence-electron chi connectivity index (χ4n) is 4.96. The molecular formula is C31H30N2O3. The molecule has 1 aliphatic heterocycles. The number of hydrogen-bond acceptors (Lipinski definition) is 5. The summed E-state index contributed by atoms with van der Waals surface area (Å²) in [4.78, 5) is 0. The van der Waals surface area contributed by atoms with E-state index >= 15 is 0 Å². The van der Waals surface area contributed by atoms with Gasteiger partial charge < -0.3 is 23.9 Å². The maximum Gasteiger partial charge on any atom is 0.142 e. The molecule has 2 aromatic carbocycles. The molecule has 0 unspecified atom stereocenters. The number of rotatable bonds is 8. The van der Waals surface area contributed by atoms with E-state index in [2.05, 4.69) is 65.2 Å². The molecule has 1 fully saturated rings. The minimum Gasteiger partial charge on any atom is -0.472 e. The second-order valence-electron chi connectivity index (χ2n) is 9.46. The summed E-state index contributed by atoms with van der Waals surface area (Å²) in [7, 11) is 0. The van der Waals surface area contributed by atoms with E-state index in [4.69, 9.17) is 13.3 Å². The number of nitrogens with one attached hydrogen (secondary N) is 2. The highest BCUT2D eigenvalue weighted by atomic mass is 16.3. The van der Waals surface area contributed by atoms with E-state index in [0.717, 1.165) is 82.6 Å². The van der Waals surface area contributed by atoms with Crippen LogP contribution in [0.4, 0.5) is 0 Å². The third-order valence-electron chi connectivity index (χ3n) is 7.03. The Morgan fingerprint density at radius 3 is 1.86 bits per heavy atom. The van der Waals surface area contributed by atoms with Crippen LogP contribution in [-0.2, 0) is 6.54 Å². The minimum absolute atomic E-state index is 0.719. The zero-order chi connectivity index (χ0) is 24.2. The summed E-state index contributed by atoms with van der Waals surface area (Å²) in [6, 6.07) is 23.2. The van der Waals surface area contributed by atoms with Gasteiger partial charge in [0, 0.05) is 22.3 Å². The van der Waals surface area contributed by atoms with Crippen LogP contribution in [0, 0.1) is 5.92 Å². The van der Waals surface area contributed by atoms with E-state index in [-0.39, 0.29) is 0 Å². The van der Waals surface area contributed by atoms with Gasteiger partial charge in [0.2, 0.25) is 0 Å². The smallest absolute Gasteiger partial charge is 0.142 e. The second-order valence-corrected chi connectivity index (χ2v) is 9.46. The fraction of sp³-hybridized carbons (Fsp3) is 0.226. The van der Waals surface area contributed by atoms with Gasteiger partial charge in [0.1, 0.15) is 11.5 Å². The maximum absolute atomic E-state index is 6.47. The Morgan fingerprint density at radius 1 is 0.694 bits per heavy atom. The third-order valence-corrected chi connectivity index (χ3v) is 7.03. The first-order chi connectivity index (χ1) is 17.8. The summed E-state index contributed by atoms with van der Waals surface area (Å²) < 4.78 is 17.0. The van der Waals surface area contributed by atoms with Crippen molar-refractivity contribution >= 4 is 0 Å². The molecule has 6 rings (SSSR count). The first-order valence-corrected chi connectivity index (χ1v) is 12.6. The van der Waals surface area contributed by atoms with E-state index in [1.54, 1.807) is 25.1 Å². The maximum atomic E-state index is 6.47. The van der Waals surface area contributed by atoms with Crippen LogP contribution < -0.4 is 10.6 Å². The second kappa shape index (κ2) is 10.4. The molecule has 0 bridgehead atoms. The summed E-state index contributed by atoms with van der Waals surface area (Å²) in [5.41, 5.74) is 7.68. The van der Waals surface area contributed by atoms with Crippen molar-refractivity contribution in [3.63, 3.8) is 0 Å². The Kier molecular flexibility index (Phi) is 6.57. The van der Waals surface area contributed by atoms with Crippen LogP contribution >= 0.6 is 0 Å². The minimum atomic E-state index is 0.719. The SMILES string of the molecule is c1cc(-c2ccc(-c3cc(CNCC4CCNCC4)oc3-c3ccc(-c4ccoc4)cc3)cc2)co1. The molecule has 0 atom stereocenters. The highest BCUT2D eigenvalue weighted by Crippen LogP contribution is 2.37. The van der Waals surface area contributed by atoms with E-state index in [9.17, 15) is 0 Å². The van der Waals surface area contributed by atoms with Crippen molar-refractivity contribution in [2.75, 3.05) is 19.6 Å². The first kappa shape index (κ1) is 22.7. The number of piperidine rings is 1. The van der Waals surface area contributed by atoms with Crippen LogP contribution in [0.1, 0.15) is 18.6 Å². The Morgan fingerprint density at radius 2 is 1.28 bits per heavy atom. The molecule has 0 saturated carbocycles. The van der Waals surface area contributed by atoms with Crippen molar-refractivity contribution in [2.24, 2.45) is 5.92 Å². The molecule has 0 amide bonds. The molecule has 0 spiro atoms. The summed E-state index contributed by atoms with van der Waals surface area (Å²) in [6.45, 7) is 3.97. The highest BCUT2D eigenvalue weighted by molar-refractivity contribution is 5.82. The van der Waals surface area contributed by atoms with Gasteiger partial charge in [-0.05, 0) is 73.3 Å². The van der Waals surface area contributed by atoms with Crippen molar-refractivity contribution < 1.29 is 13.3 Å². The quantitative estimate of drug-likeness (QED) is 0.246. The average Bonchev–Trinajstić information content (AvgIpc) is 3.72. The number of benzene rings is 2. The van der Waals surface area contributed by atoms with Crippen molar-refractivity contribution in [3.8, 4) is 44.7 Å². The van der Waals surface area contributed by atoms with Gasteiger partial charge in [0.25, 0.3) is 0 Å². The number of furan rings is 3. The van der Waals surface area contributed by atoms with Gasteiger partial charge in [0.15, 0.2) is 0 Å². The molecular weight excluding hydrogens is 448 g/mol. The Labute approximate surface area is 211 Å². The van der Waals surface area contributed by atoms with Crippen molar-refractivity contribution in [1.29, 1.82) is 0 Å². The van der Waals surface area contributed by atoms with Gasteiger partial charge in [-0.3, -0.25) is 0 Å². The van der Waals surface area contributed by atoms with E-state index in [0.29, 0.717) is 0 Å². The van der Waals surface area contributed by atoms with Gasteiger partial charge in [-0.2, -0.15) is 0 Å². The number of hydrogen-bond donors (Lipinski definition) is 2. The predicted molar refractivity (Wildman–Crippen MR) is 142 cm³/mol. The van der Waals surface area contributed by atoms with Crippen LogP contribution in [-0.4, -0.2) is 19.6 Å². The summed E-state index contributed by atoms with van der Waals surface area (Å²) in [6.07, 6.45) is 9.40. The molecule has 2 N–H and O–H groups in total. The van der Waals surface area contributed by atoms with Crippen LogP contribution in [0.15, 0.2) is 105 Å². The van der Waals surface area contributed by atoms with Crippen molar-refractivity contribution in [1.82, 2.24) is 10.6 Å². The standard InChI is InChI=1S/C31H30N2O3/c1-5-25(6-2-23(1)27-11-15-34-20-27)30-17-29(19-33-18-22-9-13-32-14-10-22)36-31(30)26-7-3-24(4-8-26)28-12-16-35-21-28/h1-8,11-12,15-17,20-22,32-33H,9-10,13-14,18-19H2. The molecule has 4 heterocycles. The third kappa shape index (κ3) is 4.94. The average molecular weight is 479 g/mol. The van der Waals surface area contributed by atoms with Gasteiger partial charge >= 0.3 is 0 Å². The Balaban J connectivity index is 1.28. The lowest BCUT2D eigenvalue weighted by molar-refractivity contribution is 0.350. The molecule has 0 radical (unpaired) electrons. The zero-order valence-electron chi connectivity index (χ0n) is 20.2. The normalized spacial score (nSPS) is 14.3. The molecule has 5 aromatic rings.